The number of nitrogens with zero attached hydrogens (tertiary/aromatic N) is 2. The van der Waals surface area contributed by atoms with Crippen LogP contribution in [-0.4, -0.2) is 21.2 Å². The molecule has 0 spiro atoms. The number of H-pyrrole nitrogens is 1. The first-order valence-electron chi connectivity index (χ1n) is 5.45. The molecule has 2 heterocycles. The van der Waals surface area contributed by atoms with E-state index < -0.39 is 0 Å². The lowest BCUT2D eigenvalue weighted by Crippen LogP contribution is -2.25. The zero-order valence-corrected chi connectivity index (χ0v) is 9.47. The summed E-state index contributed by atoms with van der Waals surface area (Å²) in [5.74, 6) is 1.26. The zero-order valence-electron chi connectivity index (χ0n) is 9.47. The first-order chi connectivity index (χ1) is 7.72. The average Bonchev–Trinajstić information content (AvgIpc) is 2.96. The Labute approximate surface area is 94.0 Å². The molecular formula is C11H16N4O. The number of aromatic nitrogens is 3. The summed E-state index contributed by atoms with van der Waals surface area (Å²) < 4.78 is 5.21. The summed E-state index contributed by atoms with van der Waals surface area (Å²) in [6.07, 6.45) is 2.72. The van der Waals surface area contributed by atoms with Crippen molar-refractivity contribution in [2.24, 2.45) is 5.73 Å². The second-order valence-corrected chi connectivity index (χ2v) is 3.90. The van der Waals surface area contributed by atoms with Crippen LogP contribution < -0.4 is 5.73 Å². The molecule has 0 aliphatic heterocycles. The van der Waals surface area contributed by atoms with Gasteiger partial charge in [0.25, 0.3) is 0 Å². The molecule has 0 aliphatic rings. The van der Waals surface area contributed by atoms with E-state index in [1.807, 2.05) is 32.2 Å². The molecule has 5 heteroatoms. The monoisotopic (exact) mass is 220 g/mol. The predicted octanol–water partition coefficient (Wildman–Crippen LogP) is 1.91. The molecule has 2 unspecified atom stereocenters. The van der Waals surface area contributed by atoms with E-state index in [1.54, 1.807) is 0 Å². The first-order valence-corrected chi connectivity index (χ1v) is 5.45. The summed E-state index contributed by atoms with van der Waals surface area (Å²) in [6.45, 7) is 4.05. The third-order valence-corrected chi connectivity index (χ3v) is 2.78. The summed E-state index contributed by atoms with van der Waals surface area (Å²) in [5, 5.41) is 3.92. The Morgan fingerprint density at radius 2 is 2.38 bits per heavy atom. The molecule has 16 heavy (non-hydrogen) atoms. The highest BCUT2D eigenvalue weighted by molar-refractivity contribution is 5.47. The third-order valence-electron chi connectivity index (χ3n) is 2.78. The van der Waals surface area contributed by atoms with Crippen molar-refractivity contribution in [3.05, 3.63) is 24.2 Å². The smallest absolute Gasteiger partial charge is 0.231 e. The number of nitrogens with one attached hydrogen (secondary N) is 1. The standard InChI is InChI=1S/C11H16N4O/c1-3-8(12)7(2)11-14-10(15-16-11)9-5-4-6-13-9/h4-8,13H,3,12H2,1-2H3. The molecule has 0 bridgehead atoms. The van der Waals surface area contributed by atoms with Gasteiger partial charge in [-0.1, -0.05) is 19.0 Å². The Balaban J connectivity index is 2.20. The van der Waals surface area contributed by atoms with Crippen LogP contribution in [0.15, 0.2) is 22.9 Å². The fourth-order valence-electron chi connectivity index (χ4n) is 1.54. The van der Waals surface area contributed by atoms with Crippen LogP contribution >= 0.6 is 0 Å². The molecule has 0 aliphatic carbocycles. The molecule has 2 rings (SSSR count). The minimum absolute atomic E-state index is 0.0527. The highest BCUT2D eigenvalue weighted by Crippen LogP contribution is 2.21. The van der Waals surface area contributed by atoms with E-state index in [2.05, 4.69) is 15.1 Å². The van der Waals surface area contributed by atoms with Gasteiger partial charge in [-0.05, 0) is 18.6 Å². The van der Waals surface area contributed by atoms with Crippen molar-refractivity contribution in [2.45, 2.75) is 32.2 Å². The van der Waals surface area contributed by atoms with Gasteiger partial charge < -0.3 is 15.2 Å². The van der Waals surface area contributed by atoms with Crippen LogP contribution in [0.3, 0.4) is 0 Å². The average molecular weight is 220 g/mol. The predicted molar refractivity (Wildman–Crippen MR) is 60.8 cm³/mol. The van der Waals surface area contributed by atoms with Gasteiger partial charge in [-0.25, -0.2) is 0 Å². The number of hydrogen-bond donors (Lipinski definition) is 2. The summed E-state index contributed by atoms with van der Waals surface area (Å²) >= 11 is 0. The van der Waals surface area contributed by atoms with Crippen molar-refractivity contribution >= 4 is 0 Å². The highest BCUT2D eigenvalue weighted by Gasteiger charge is 2.20. The Morgan fingerprint density at radius 3 is 3.00 bits per heavy atom. The molecule has 0 amide bonds. The molecule has 86 valence electrons. The number of hydrogen-bond acceptors (Lipinski definition) is 4. The van der Waals surface area contributed by atoms with Crippen molar-refractivity contribution < 1.29 is 4.52 Å². The van der Waals surface area contributed by atoms with Crippen molar-refractivity contribution in [1.29, 1.82) is 0 Å². The summed E-state index contributed by atoms with van der Waals surface area (Å²) in [6, 6.07) is 3.85. The van der Waals surface area contributed by atoms with Crippen molar-refractivity contribution in [2.75, 3.05) is 0 Å². The van der Waals surface area contributed by atoms with Gasteiger partial charge in [0, 0.05) is 12.2 Å². The molecule has 0 radical (unpaired) electrons. The second kappa shape index (κ2) is 4.49. The fourth-order valence-corrected chi connectivity index (χ4v) is 1.54. The Bertz CT molecular complexity index is 435. The van der Waals surface area contributed by atoms with Crippen LogP contribution in [0.25, 0.3) is 11.5 Å². The summed E-state index contributed by atoms with van der Waals surface area (Å²) in [4.78, 5) is 7.37. The Hall–Kier alpha value is -1.62. The second-order valence-electron chi connectivity index (χ2n) is 3.90. The molecule has 2 aromatic heterocycles. The van der Waals surface area contributed by atoms with Crippen LogP contribution in [0.4, 0.5) is 0 Å². The Kier molecular flexibility index (Phi) is 3.05. The van der Waals surface area contributed by atoms with Gasteiger partial charge in [0.05, 0.1) is 11.6 Å². The fraction of sp³-hybridized carbons (Fsp3) is 0.455. The lowest BCUT2D eigenvalue weighted by Gasteiger charge is -2.13. The topological polar surface area (TPSA) is 80.7 Å². The molecular weight excluding hydrogens is 204 g/mol. The van der Waals surface area contributed by atoms with Crippen LogP contribution in [0.1, 0.15) is 32.1 Å². The molecule has 0 fully saturated rings. The maximum atomic E-state index is 5.94. The van der Waals surface area contributed by atoms with E-state index >= 15 is 0 Å². The Morgan fingerprint density at radius 1 is 1.56 bits per heavy atom. The maximum absolute atomic E-state index is 5.94. The van der Waals surface area contributed by atoms with Gasteiger partial charge in [-0.3, -0.25) is 0 Å². The van der Waals surface area contributed by atoms with E-state index in [1.165, 1.54) is 0 Å². The largest absolute Gasteiger partial charge is 0.359 e. The van der Waals surface area contributed by atoms with Crippen molar-refractivity contribution in [1.82, 2.24) is 15.1 Å². The lowest BCUT2D eigenvalue weighted by molar-refractivity contribution is 0.340. The first kappa shape index (κ1) is 10.9. The zero-order chi connectivity index (χ0) is 11.5. The van der Waals surface area contributed by atoms with Crippen LogP contribution in [0.2, 0.25) is 0 Å². The van der Waals surface area contributed by atoms with Gasteiger partial charge in [-0.15, -0.1) is 0 Å². The van der Waals surface area contributed by atoms with Gasteiger partial charge in [-0.2, -0.15) is 4.98 Å². The molecule has 2 aromatic rings. The maximum Gasteiger partial charge on any atom is 0.231 e. The quantitative estimate of drug-likeness (QED) is 0.824. The minimum atomic E-state index is 0.0527. The minimum Gasteiger partial charge on any atom is -0.359 e. The van der Waals surface area contributed by atoms with E-state index in [4.69, 9.17) is 10.3 Å². The molecule has 0 saturated heterocycles. The number of rotatable bonds is 4. The van der Waals surface area contributed by atoms with Gasteiger partial charge >= 0.3 is 0 Å². The highest BCUT2D eigenvalue weighted by atomic mass is 16.5. The van der Waals surface area contributed by atoms with Crippen LogP contribution in [0, 0.1) is 0 Å². The molecule has 2 atom stereocenters. The van der Waals surface area contributed by atoms with E-state index in [0.717, 1.165) is 12.1 Å². The van der Waals surface area contributed by atoms with E-state index in [-0.39, 0.29) is 12.0 Å². The lowest BCUT2D eigenvalue weighted by atomic mass is 10.0. The van der Waals surface area contributed by atoms with Crippen molar-refractivity contribution in [3.63, 3.8) is 0 Å². The molecule has 0 saturated carbocycles. The van der Waals surface area contributed by atoms with Gasteiger partial charge in [0.1, 0.15) is 0 Å². The van der Waals surface area contributed by atoms with Gasteiger partial charge in [0.2, 0.25) is 11.7 Å². The van der Waals surface area contributed by atoms with E-state index in [0.29, 0.717) is 11.7 Å². The van der Waals surface area contributed by atoms with Crippen molar-refractivity contribution in [3.8, 4) is 11.5 Å². The number of aromatic amines is 1. The summed E-state index contributed by atoms with van der Waals surface area (Å²) in [7, 11) is 0. The normalized spacial score (nSPS) is 14.9. The molecule has 5 nitrogen and oxygen atoms in total. The third kappa shape index (κ3) is 1.99. The van der Waals surface area contributed by atoms with Crippen LogP contribution in [0.5, 0.6) is 0 Å². The number of nitrogens with two attached hydrogens (primary N) is 1. The summed E-state index contributed by atoms with van der Waals surface area (Å²) in [5.41, 5.74) is 6.79. The molecule has 0 aromatic carbocycles. The molecule has 3 N–H and O–H groups in total. The van der Waals surface area contributed by atoms with Gasteiger partial charge in [0.15, 0.2) is 0 Å². The SMILES string of the molecule is CCC(N)C(C)c1nc(-c2ccc[nH]2)no1. The van der Waals surface area contributed by atoms with Crippen LogP contribution in [-0.2, 0) is 0 Å². The van der Waals surface area contributed by atoms with E-state index in [9.17, 15) is 0 Å².